The van der Waals surface area contributed by atoms with Crippen molar-refractivity contribution in [2.45, 2.75) is 64.0 Å². The molecular formula is C21H29NO4. The van der Waals surface area contributed by atoms with Crippen molar-refractivity contribution in [3.8, 4) is 11.5 Å². The first-order chi connectivity index (χ1) is 12.3. The van der Waals surface area contributed by atoms with Gasteiger partial charge < -0.3 is 20.3 Å². The summed E-state index contributed by atoms with van der Waals surface area (Å²) in [6, 6.07) is 5.12. The van der Waals surface area contributed by atoms with Crippen molar-refractivity contribution in [2.75, 3.05) is 7.11 Å². The minimum absolute atomic E-state index is 0.0740. The summed E-state index contributed by atoms with van der Waals surface area (Å²) in [6.45, 7) is 2.60. The number of aromatic hydroxyl groups is 1. The van der Waals surface area contributed by atoms with Gasteiger partial charge >= 0.3 is 0 Å². The van der Waals surface area contributed by atoms with E-state index in [0.717, 1.165) is 44.1 Å². The molecule has 4 bridgehead atoms. The number of amides is 1. The molecule has 4 atom stereocenters. The van der Waals surface area contributed by atoms with Crippen LogP contribution in [0.15, 0.2) is 18.2 Å². The number of rotatable bonds is 5. The molecule has 5 heteroatoms. The fourth-order valence-corrected chi connectivity index (χ4v) is 6.43. The summed E-state index contributed by atoms with van der Waals surface area (Å²) >= 11 is 0. The van der Waals surface area contributed by atoms with Crippen molar-refractivity contribution in [3.05, 3.63) is 23.8 Å². The molecule has 4 saturated carbocycles. The second kappa shape index (κ2) is 5.88. The predicted octanol–water partition coefficient (Wildman–Crippen LogP) is 3.13. The lowest BCUT2D eigenvalue weighted by Crippen LogP contribution is -2.63. The Labute approximate surface area is 154 Å². The maximum atomic E-state index is 13.2. The molecule has 1 aromatic carbocycles. The number of hydrogen-bond donors (Lipinski definition) is 3. The molecule has 4 aliphatic rings. The normalized spacial score (nSPS) is 37.6. The molecule has 142 valence electrons. The Morgan fingerprint density at radius 1 is 1.27 bits per heavy atom. The van der Waals surface area contributed by atoms with Gasteiger partial charge in [0.15, 0.2) is 11.5 Å². The zero-order valence-electron chi connectivity index (χ0n) is 15.7. The summed E-state index contributed by atoms with van der Waals surface area (Å²) in [5, 5.41) is 23.9. The number of hydrogen-bond acceptors (Lipinski definition) is 4. The lowest BCUT2D eigenvalue weighted by molar-refractivity contribution is -0.204. The van der Waals surface area contributed by atoms with Crippen molar-refractivity contribution < 1.29 is 19.7 Å². The zero-order valence-corrected chi connectivity index (χ0v) is 15.7. The van der Waals surface area contributed by atoms with E-state index in [1.54, 1.807) is 18.2 Å². The Kier molecular flexibility index (Phi) is 3.99. The molecule has 1 amide bonds. The number of ether oxygens (including phenoxy) is 1. The number of phenols is 1. The molecule has 0 heterocycles. The fraction of sp³-hybridized carbons (Fsp3) is 0.667. The number of benzene rings is 1. The van der Waals surface area contributed by atoms with E-state index >= 15 is 0 Å². The van der Waals surface area contributed by atoms with Gasteiger partial charge in [0.25, 0.3) is 0 Å². The molecule has 4 fully saturated rings. The topological polar surface area (TPSA) is 78.8 Å². The van der Waals surface area contributed by atoms with Crippen molar-refractivity contribution in [1.29, 1.82) is 0 Å². The van der Waals surface area contributed by atoms with Gasteiger partial charge in [-0.15, -0.1) is 0 Å². The highest BCUT2D eigenvalue weighted by molar-refractivity contribution is 5.83. The second-order valence-corrected chi connectivity index (χ2v) is 9.06. The Morgan fingerprint density at radius 2 is 2.08 bits per heavy atom. The third-order valence-electron chi connectivity index (χ3n) is 7.08. The third kappa shape index (κ3) is 2.77. The summed E-state index contributed by atoms with van der Waals surface area (Å²) in [4.78, 5) is 13.2. The molecule has 0 aliphatic heterocycles. The average molecular weight is 359 g/mol. The zero-order chi connectivity index (χ0) is 18.6. The van der Waals surface area contributed by atoms with E-state index in [1.165, 1.54) is 7.11 Å². The van der Waals surface area contributed by atoms with E-state index in [-0.39, 0.29) is 17.1 Å². The highest BCUT2D eigenvalue weighted by Gasteiger charge is 2.64. The Bertz CT molecular complexity index is 735. The molecule has 5 rings (SSSR count). The van der Waals surface area contributed by atoms with Crippen LogP contribution < -0.4 is 10.1 Å². The van der Waals surface area contributed by atoms with Crippen molar-refractivity contribution in [3.63, 3.8) is 0 Å². The summed E-state index contributed by atoms with van der Waals surface area (Å²) in [7, 11) is 1.51. The van der Waals surface area contributed by atoms with E-state index in [4.69, 9.17) is 4.74 Å². The Balaban J connectivity index is 1.51. The van der Waals surface area contributed by atoms with Crippen LogP contribution in [0.5, 0.6) is 11.5 Å². The molecular weight excluding hydrogens is 330 g/mol. The molecule has 0 aromatic heterocycles. The molecule has 26 heavy (non-hydrogen) atoms. The fourth-order valence-electron chi connectivity index (χ4n) is 6.43. The van der Waals surface area contributed by atoms with Crippen LogP contribution in [-0.4, -0.2) is 28.8 Å². The average Bonchev–Trinajstić information content (AvgIpc) is 2.58. The van der Waals surface area contributed by atoms with E-state index in [1.807, 2.05) is 0 Å². The molecule has 4 aliphatic carbocycles. The van der Waals surface area contributed by atoms with E-state index in [0.29, 0.717) is 24.6 Å². The van der Waals surface area contributed by atoms with Crippen molar-refractivity contribution in [2.24, 2.45) is 16.7 Å². The summed E-state index contributed by atoms with van der Waals surface area (Å²) in [5.41, 5.74) is -0.0610. The largest absolute Gasteiger partial charge is 0.504 e. The minimum atomic E-state index is -0.658. The molecule has 0 unspecified atom stereocenters. The smallest absolute Gasteiger partial charge is 0.226 e. The van der Waals surface area contributed by atoms with Gasteiger partial charge in [-0.05, 0) is 67.6 Å². The van der Waals surface area contributed by atoms with Crippen LogP contribution in [0.2, 0.25) is 0 Å². The van der Waals surface area contributed by atoms with Gasteiger partial charge in [-0.25, -0.2) is 0 Å². The first-order valence-electron chi connectivity index (χ1n) is 9.68. The number of aliphatic hydroxyl groups is 1. The van der Waals surface area contributed by atoms with Crippen molar-refractivity contribution >= 4 is 5.91 Å². The van der Waals surface area contributed by atoms with Crippen LogP contribution in [0.1, 0.15) is 57.4 Å². The van der Waals surface area contributed by atoms with Crippen LogP contribution in [0.4, 0.5) is 0 Å². The highest BCUT2D eigenvalue weighted by atomic mass is 16.5. The van der Waals surface area contributed by atoms with E-state index < -0.39 is 11.0 Å². The summed E-state index contributed by atoms with van der Waals surface area (Å²) in [5.74, 6) is 1.04. The van der Waals surface area contributed by atoms with Crippen LogP contribution in [0.25, 0.3) is 0 Å². The number of nitrogens with one attached hydrogen (secondary N) is 1. The third-order valence-corrected chi connectivity index (χ3v) is 7.08. The lowest BCUT2D eigenvalue weighted by atomic mass is 9.42. The predicted molar refractivity (Wildman–Crippen MR) is 97.8 cm³/mol. The van der Waals surface area contributed by atoms with Gasteiger partial charge in [0.05, 0.1) is 18.1 Å². The Hall–Kier alpha value is -1.75. The van der Waals surface area contributed by atoms with Gasteiger partial charge in [0.2, 0.25) is 5.91 Å². The summed E-state index contributed by atoms with van der Waals surface area (Å²) < 4.78 is 5.14. The summed E-state index contributed by atoms with van der Waals surface area (Å²) in [6.07, 6.45) is 6.33. The number of carbonyl (C=O) groups excluding carboxylic acids is 1. The molecule has 0 radical (unpaired) electrons. The SMILES string of the molecule is CC[C@]12C[C@H]3C[C@@](O)(C1)C[C@@](C(=O)NCc1ccc(O)c(OC)c1)(C3)C2. The number of carbonyl (C=O) groups is 1. The second-order valence-electron chi connectivity index (χ2n) is 9.06. The Morgan fingerprint density at radius 3 is 2.77 bits per heavy atom. The number of methoxy groups -OCH3 is 1. The van der Waals surface area contributed by atoms with Gasteiger partial charge in [0.1, 0.15) is 0 Å². The van der Waals surface area contributed by atoms with Crippen molar-refractivity contribution in [1.82, 2.24) is 5.32 Å². The first-order valence-corrected chi connectivity index (χ1v) is 9.68. The van der Waals surface area contributed by atoms with Crippen LogP contribution >= 0.6 is 0 Å². The molecule has 5 nitrogen and oxygen atoms in total. The van der Waals surface area contributed by atoms with E-state index in [2.05, 4.69) is 12.2 Å². The van der Waals surface area contributed by atoms with Gasteiger partial charge in [-0.2, -0.15) is 0 Å². The van der Waals surface area contributed by atoms with Crippen LogP contribution in [-0.2, 0) is 11.3 Å². The monoisotopic (exact) mass is 359 g/mol. The van der Waals surface area contributed by atoms with Gasteiger partial charge in [-0.1, -0.05) is 19.4 Å². The standard InChI is InChI=1S/C21H29NO4/c1-3-19-7-15-8-20(11-19,13-21(25,9-15)12-19)18(24)22-10-14-4-5-16(23)17(6-14)26-2/h4-6,15,23,25H,3,7-13H2,1-2H3,(H,22,24)/t15-,19-,20-,21-/m1/s1. The quantitative estimate of drug-likeness (QED) is 0.755. The van der Waals surface area contributed by atoms with Gasteiger partial charge in [-0.3, -0.25) is 4.79 Å². The molecule has 3 N–H and O–H groups in total. The minimum Gasteiger partial charge on any atom is -0.504 e. The maximum Gasteiger partial charge on any atom is 0.226 e. The maximum absolute atomic E-state index is 13.2. The molecule has 0 spiro atoms. The van der Waals surface area contributed by atoms with Crippen LogP contribution in [0, 0.1) is 16.7 Å². The molecule has 1 aromatic rings. The molecule has 0 saturated heterocycles. The van der Waals surface area contributed by atoms with Gasteiger partial charge in [0, 0.05) is 6.54 Å². The highest BCUT2D eigenvalue weighted by Crippen LogP contribution is 2.67. The first kappa shape index (κ1) is 17.7. The van der Waals surface area contributed by atoms with E-state index in [9.17, 15) is 15.0 Å². The number of phenolic OH excluding ortho intramolecular Hbond substituents is 1. The van der Waals surface area contributed by atoms with Crippen LogP contribution in [0.3, 0.4) is 0 Å². The lowest BCUT2D eigenvalue weighted by Gasteiger charge is -2.64.